The largest absolute Gasteiger partial charge is 0.504 e. The number of hydrogen-bond acceptors (Lipinski definition) is 3. The van der Waals surface area contributed by atoms with Crippen molar-refractivity contribution in [3.63, 3.8) is 0 Å². The van der Waals surface area contributed by atoms with Gasteiger partial charge >= 0.3 is 0 Å². The molecule has 0 radical (unpaired) electrons. The SMILES string of the molecule is CCCCCCCCCCCCc1ccc(O)c(O)c1O. The molecule has 0 heterocycles. The second-order valence-corrected chi connectivity index (χ2v) is 5.87. The van der Waals surface area contributed by atoms with Gasteiger partial charge in [0.25, 0.3) is 0 Å². The van der Waals surface area contributed by atoms with Gasteiger partial charge in [-0.15, -0.1) is 0 Å². The lowest BCUT2D eigenvalue weighted by Crippen LogP contribution is -1.88. The molecule has 0 aromatic heterocycles. The molecule has 1 aromatic carbocycles. The van der Waals surface area contributed by atoms with Gasteiger partial charge in [-0.1, -0.05) is 70.8 Å². The van der Waals surface area contributed by atoms with Crippen molar-refractivity contribution in [1.29, 1.82) is 0 Å². The van der Waals surface area contributed by atoms with Crippen LogP contribution < -0.4 is 0 Å². The average molecular weight is 294 g/mol. The first-order chi connectivity index (χ1) is 10.2. The van der Waals surface area contributed by atoms with Gasteiger partial charge in [-0.3, -0.25) is 0 Å². The third-order valence-electron chi connectivity index (χ3n) is 4.01. The zero-order chi connectivity index (χ0) is 15.5. The van der Waals surface area contributed by atoms with Crippen molar-refractivity contribution < 1.29 is 15.3 Å². The summed E-state index contributed by atoms with van der Waals surface area (Å²) in [5.41, 5.74) is 0.713. The van der Waals surface area contributed by atoms with Crippen LogP contribution in [0.4, 0.5) is 0 Å². The van der Waals surface area contributed by atoms with Gasteiger partial charge in [0, 0.05) is 0 Å². The van der Waals surface area contributed by atoms with Crippen LogP contribution in [0.5, 0.6) is 17.2 Å². The minimum absolute atomic E-state index is 0.175. The number of hydrogen-bond donors (Lipinski definition) is 3. The standard InChI is InChI=1S/C18H30O3/c1-2-3-4-5-6-7-8-9-10-11-12-15-13-14-16(19)18(21)17(15)20/h13-14,19-21H,2-12H2,1H3. The highest BCUT2D eigenvalue weighted by atomic mass is 16.3. The molecular weight excluding hydrogens is 264 g/mol. The first kappa shape index (κ1) is 17.7. The number of unbranched alkanes of at least 4 members (excludes halogenated alkanes) is 9. The lowest BCUT2D eigenvalue weighted by atomic mass is 10.0. The number of phenolic OH excluding ortho intramolecular Hbond substituents is 3. The van der Waals surface area contributed by atoms with E-state index in [-0.39, 0.29) is 11.5 Å². The maximum Gasteiger partial charge on any atom is 0.200 e. The number of benzene rings is 1. The van der Waals surface area contributed by atoms with Crippen molar-refractivity contribution in [2.75, 3.05) is 0 Å². The molecule has 0 saturated carbocycles. The molecule has 120 valence electrons. The summed E-state index contributed by atoms with van der Waals surface area (Å²) in [5.74, 6) is -0.843. The van der Waals surface area contributed by atoms with E-state index in [2.05, 4.69) is 6.92 Å². The van der Waals surface area contributed by atoms with E-state index in [1.165, 1.54) is 57.4 Å². The molecule has 0 saturated heterocycles. The Kier molecular flexibility index (Phi) is 8.72. The topological polar surface area (TPSA) is 60.7 Å². The quantitative estimate of drug-likeness (QED) is 0.385. The second-order valence-electron chi connectivity index (χ2n) is 5.87. The van der Waals surface area contributed by atoms with Crippen molar-refractivity contribution in [3.05, 3.63) is 17.7 Å². The Morgan fingerprint density at radius 1 is 0.667 bits per heavy atom. The zero-order valence-corrected chi connectivity index (χ0v) is 13.3. The van der Waals surface area contributed by atoms with Gasteiger partial charge in [-0.05, 0) is 24.5 Å². The van der Waals surface area contributed by atoms with Crippen LogP contribution in [-0.2, 0) is 6.42 Å². The van der Waals surface area contributed by atoms with Crippen LogP contribution in [0.3, 0.4) is 0 Å². The Labute approximate surface area is 128 Å². The fraction of sp³-hybridized carbons (Fsp3) is 0.667. The van der Waals surface area contributed by atoms with Crippen LogP contribution in [0.2, 0.25) is 0 Å². The van der Waals surface area contributed by atoms with Crippen molar-refractivity contribution in [1.82, 2.24) is 0 Å². The smallest absolute Gasteiger partial charge is 0.200 e. The van der Waals surface area contributed by atoms with Crippen molar-refractivity contribution in [2.45, 2.75) is 77.6 Å². The van der Waals surface area contributed by atoms with Gasteiger partial charge in [0.05, 0.1) is 0 Å². The van der Waals surface area contributed by atoms with E-state index in [9.17, 15) is 15.3 Å². The summed E-state index contributed by atoms with van der Waals surface area (Å²) in [7, 11) is 0. The molecule has 0 spiro atoms. The second kappa shape index (κ2) is 10.4. The third-order valence-corrected chi connectivity index (χ3v) is 4.01. The number of aryl methyl sites for hydroxylation is 1. The number of rotatable bonds is 11. The molecule has 0 atom stereocenters. The van der Waals surface area contributed by atoms with Gasteiger partial charge in [-0.2, -0.15) is 0 Å². The summed E-state index contributed by atoms with van der Waals surface area (Å²) in [4.78, 5) is 0. The molecule has 0 bridgehead atoms. The molecule has 0 aliphatic carbocycles. The highest BCUT2D eigenvalue weighted by Crippen LogP contribution is 2.37. The Morgan fingerprint density at radius 3 is 1.76 bits per heavy atom. The molecule has 0 unspecified atom stereocenters. The van der Waals surface area contributed by atoms with E-state index in [0.29, 0.717) is 5.56 Å². The van der Waals surface area contributed by atoms with Gasteiger partial charge in [0.1, 0.15) is 0 Å². The lowest BCUT2D eigenvalue weighted by molar-refractivity contribution is 0.364. The zero-order valence-electron chi connectivity index (χ0n) is 13.3. The maximum atomic E-state index is 9.71. The van der Waals surface area contributed by atoms with Crippen LogP contribution in [0.15, 0.2) is 12.1 Å². The van der Waals surface area contributed by atoms with Crippen molar-refractivity contribution in [3.8, 4) is 17.2 Å². The molecule has 0 fully saturated rings. The molecule has 1 rings (SSSR count). The first-order valence-corrected chi connectivity index (χ1v) is 8.39. The number of aromatic hydroxyl groups is 3. The molecule has 21 heavy (non-hydrogen) atoms. The van der Waals surface area contributed by atoms with Gasteiger partial charge in [-0.25, -0.2) is 0 Å². The van der Waals surface area contributed by atoms with E-state index in [4.69, 9.17) is 0 Å². The molecule has 3 N–H and O–H groups in total. The minimum Gasteiger partial charge on any atom is -0.504 e. The van der Waals surface area contributed by atoms with E-state index < -0.39 is 5.75 Å². The first-order valence-electron chi connectivity index (χ1n) is 8.39. The summed E-state index contributed by atoms with van der Waals surface area (Å²) in [5, 5.41) is 28.4. The van der Waals surface area contributed by atoms with Crippen LogP contribution >= 0.6 is 0 Å². The highest BCUT2D eigenvalue weighted by Gasteiger charge is 2.10. The molecule has 1 aromatic rings. The summed E-state index contributed by atoms with van der Waals surface area (Å²) in [6.07, 6.45) is 13.5. The van der Waals surface area contributed by atoms with E-state index in [1.807, 2.05) is 0 Å². The monoisotopic (exact) mass is 294 g/mol. The molecule has 0 aliphatic heterocycles. The van der Waals surface area contributed by atoms with Crippen LogP contribution in [0, 0.1) is 0 Å². The van der Waals surface area contributed by atoms with E-state index in [0.717, 1.165) is 19.3 Å². The summed E-state index contributed by atoms with van der Waals surface area (Å²) < 4.78 is 0. The molecular formula is C18H30O3. The molecule has 0 amide bonds. The Balaban J connectivity index is 2.06. The predicted octanol–water partition coefficient (Wildman–Crippen LogP) is 5.27. The predicted molar refractivity (Wildman–Crippen MR) is 87.0 cm³/mol. The summed E-state index contributed by atoms with van der Waals surface area (Å²) >= 11 is 0. The molecule has 0 aliphatic rings. The summed E-state index contributed by atoms with van der Waals surface area (Å²) in [6, 6.07) is 3.11. The average Bonchev–Trinajstić information content (AvgIpc) is 2.49. The van der Waals surface area contributed by atoms with Gasteiger partial charge in [0.2, 0.25) is 5.75 Å². The van der Waals surface area contributed by atoms with Crippen molar-refractivity contribution >= 4 is 0 Å². The van der Waals surface area contributed by atoms with Gasteiger partial charge < -0.3 is 15.3 Å². The lowest BCUT2D eigenvalue weighted by Gasteiger charge is -2.07. The van der Waals surface area contributed by atoms with Gasteiger partial charge in [0.15, 0.2) is 11.5 Å². The molecule has 3 nitrogen and oxygen atoms in total. The summed E-state index contributed by atoms with van der Waals surface area (Å²) in [6.45, 7) is 2.24. The highest BCUT2D eigenvalue weighted by molar-refractivity contribution is 5.53. The normalized spacial score (nSPS) is 10.9. The van der Waals surface area contributed by atoms with Crippen LogP contribution in [0.25, 0.3) is 0 Å². The fourth-order valence-electron chi connectivity index (χ4n) is 2.62. The minimum atomic E-state index is -0.403. The van der Waals surface area contributed by atoms with Crippen molar-refractivity contribution in [2.24, 2.45) is 0 Å². The maximum absolute atomic E-state index is 9.71. The Bertz CT molecular complexity index is 402. The fourth-order valence-corrected chi connectivity index (χ4v) is 2.62. The van der Waals surface area contributed by atoms with E-state index >= 15 is 0 Å². The number of phenols is 3. The molecule has 3 heteroatoms. The Hall–Kier alpha value is -1.38. The van der Waals surface area contributed by atoms with Crippen LogP contribution in [0.1, 0.15) is 76.7 Å². The van der Waals surface area contributed by atoms with E-state index in [1.54, 1.807) is 6.07 Å². The third kappa shape index (κ3) is 6.74. The Morgan fingerprint density at radius 2 is 1.19 bits per heavy atom. The van der Waals surface area contributed by atoms with Crippen LogP contribution in [-0.4, -0.2) is 15.3 Å².